The lowest BCUT2D eigenvalue weighted by Gasteiger charge is -2.17. The molecule has 0 aliphatic carbocycles. The summed E-state index contributed by atoms with van der Waals surface area (Å²) in [6.07, 6.45) is 0. The average molecular weight is 354 g/mol. The zero-order chi connectivity index (χ0) is 17.4. The molecule has 0 spiro atoms. The number of aryl methyl sites for hydroxylation is 1. The fourth-order valence-corrected chi connectivity index (χ4v) is 3.55. The van der Waals surface area contributed by atoms with E-state index in [4.69, 9.17) is 11.6 Å². The van der Waals surface area contributed by atoms with Gasteiger partial charge in [0.05, 0.1) is 15.6 Å². The number of phenols is 1. The third-order valence-corrected chi connectivity index (χ3v) is 5.56. The van der Waals surface area contributed by atoms with Gasteiger partial charge in [-0.15, -0.1) is 0 Å². The van der Waals surface area contributed by atoms with Crippen molar-refractivity contribution in [1.82, 2.24) is 0 Å². The number of hydrogen-bond acceptors (Lipinski definition) is 3. The smallest absolute Gasteiger partial charge is 0.261 e. The van der Waals surface area contributed by atoms with Gasteiger partial charge in [0.2, 0.25) is 0 Å². The van der Waals surface area contributed by atoms with E-state index >= 15 is 0 Å². The first kappa shape index (κ1) is 17.6. The van der Waals surface area contributed by atoms with Gasteiger partial charge in [-0.05, 0) is 43.5 Å². The number of nitrogens with one attached hydrogen (secondary N) is 1. The van der Waals surface area contributed by atoms with Gasteiger partial charge in [0, 0.05) is 5.56 Å². The van der Waals surface area contributed by atoms with Crippen LogP contribution in [0.3, 0.4) is 0 Å². The molecule has 6 heteroatoms. The molecule has 0 heterocycles. The van der Waals surface area contributed by atoms with Gasteiger partial charge >= 0.3 is 0 Å². The summed E-state index contributed by atoms with van der Waals surface area (Å²) in [6, 6.07) is 8.22. The Morgan fingerprint density at radius 2 is 1.70 bits per heavy atom. The summed E-state index contributed by atoms with van der Waals surface area (Å²) in [5.74, 6) is 0.00757. The van der Waals surface area contributed by atoms with E-state index in [1.807, 2.05) is 20.8 Å². The molecule has 0 unspecified atom stereocenters. The van der Waals surface area contributed by atoms with E-state index in [-0.39, 0.29) is 21.6 Å². The molecular weight excluding hydrogens is 334 g/mol. The van der Waals surface area contributed by atoms with Gasteiger partial charge in [0.25, 0.3) is 10.0 Å². The first-order chi connectivity index (χ1) is 10.6. The first-order valence-corrected chi connectivity index (χ1v) is 9.11. The summed E-state index contributed by atoms with van der Waals surface area (Å²) in [5.41, 5.74) is 2.44. The third-order valence-electron chi connectivity index (χ3n) is 3.71. The van der Waals surface area contributed by atoms with Crippen molar-refractivity contribution in [2.45, 2.75) is 38.5 Å². The van der Waals surface area contributed by atoms with Gasteiger partial charge in [0.1, 0.15) is 5.75 Å². The largest absolute Gasteiger partial charge is 0.506 e. The zero-order valence-corrected chi connectivity index (χ0v) is 15.1. The summed E-state index contributed by atoms with van der Waals surface area (Å²) in [5, 5.41) is 10.3. The van der Waals surface area contributed by atoms with Gasteiger partial charge in [-0.25, -0.2) is 8.42 Å². The van der Waals surface area contributed by atoms with E-state index in [2.05, 4.69) is 4.72 Å². The fourth-order valence-electron chi connectivity index (χ4n) is 2.22. The number of hydrogen-bond donors (Lipinski definition) is 2. The van der Waals surface area contributed by atoms with E-state index < -0.39 is 10.0 Å². The lowest BCUT2D eigenvalue weighted by Crippen LogP contribution is -2.14. The standard InChI is InChI=1S/C17H20ClNO3S/c1-10(2)14-9-15(12(4)16(18)17(14)20)19-23(21,22)13-7-5-11(3)6-8-13/h5-10,19-20H,1-4H3. The predicted molar refractivity (Wildman–Crippen MR) is 93.9 cm³/mol. The van der Waals surface area contributed by atoms with Gasteiger partial charge < -0.3 is 5.11 Å². The van der Waals surface area contributed by atoms with Crippen LogP contribution < -0.4 is 4.72 Å². The Hall–Kier alpha value is -1.72. The molecule has 0 aliphatic rings. The molecule has 0 fully saturated rings. The van der Waals surface area contributed by atoms with Crippen LogP contribution in [0.4, 0.5) is 5.69 Å². The second-order valence-electron chi connectivity index (χ2n) is 5.87. The fraction of sp³-hybridized carbons (Fsp3) is 0.294. The topological polar surface area (TPSA) is 66.4 Å². The molecule has 2 N–H and O–H groups in total. The first-order valence-electron chi connectivity index (χ1n) is 7.25. The van der Waals surface area contributed by atoms with Crippen molar-refractivity contribution in [2.75, 3.05) is 4.72 Å². The normalized spacial score (nSPS) is 11.7. The number of sulfonamides is 1. The SMILES string of the molecule is Cc1ccc(S(=O)(=O)Nc2cc(C(C)C)c(O)c(Cl)c2C)cc1. The molecule has 0 aromatic heterocycles. The Labute approximate surface area is 142 Å². The molecule has 0 saturated carbocycles. The van der Waals surface area contributed by atoms with Crippen LogP contribution in [-0.4, -0.2) is 13.5 Å². The number of rotatable bonds is 4. The van der Waals surface area contributed by atoms with E-state index in [0.29, 0.717) is 16.8 Å². The molecule has 124 valence electrons. The molecule has 0 saturated heterocycles. The number of phenolic OH excluding ortho intramolecular Hbond substituents is 1. The summed E-state index contributed by atoms with van der Waals surface area (Å²) < 4.78 is 27.6. The summed E-state index contributed by atoms with van der Waals surface area (Å²) in [7, 11) is -3.71. The third kappa shape index (κ3) is 3.62. The van der Waals surface area contributed by atoms with E-state index in [1.165, 1.54) is 0 Å². The highest BCUT2D eigenvalue weighted by atomic mass is 35.5. The molecule has 23 heavy (non-hydrogen) atoms. The molecule has 0 aliphatic heterocycles. The summed E-state index contributed by atoms with van der Waals surface area (Å²) in [6.45, 7) is 7.36. The summed E-state index contributed by atoms with van der Waals surface area (Å²) in [4.78, 5) is 0.179. The molecule has 0 atom stereocenters. The molecule has 2 rings (SSSR count). The van der Waals surface area contributed by atoms with Crippen molar-refractivity contribution in [3.63, 3.8) is 0 Å². The molecule has 0 bridgehead atoms. The minimum atomic E-state index is -3.71. The van der Waals surface area contributed by atoms with E-state index in [9.17, 15) is 13.5 Å². The lowest BCUT2D eigenvalue weighted by atomic mass is 9.99. The monoisotopic (exact) mass is 353 g/mol. The maximum absolute atomic E-state index is 12.5. The van der Waals surface area contributed by atoms with Gasteiger partial charge in [-0.1, -0.05) is 43.1 Å². The highest BCUT2D eigenvalue weighted by molar-refractivity contribution is 7.92. The average Bonchev–Trinajstić information content (AvgIpc) is 2.48. The van der Waals surface area contributed by atoms with Gasteiger partial charge in [-0.3, -0.25) is 4.72 Å². The van der Waals surface area contributed by atoms with Crippen molar-refractivity contribution in [3.05, 3.63) is 52.0 Å². The molecule has 2 aromatic carbocycles. The lowest BCUT2D eigenvalue weighted by molar-refractivity contribution is 0.465. The van der Waals surface area contributed by atoms with Crippen LogP contribution in [0.15, 0.2) is 35.2 Å². The van der Waals surface area contributed by atoms with E-state index in [1.54, 1.807) is 37.3 Å². The second-order valence-corrected chi connectivity index (χ2v) is 7.93. The van der Waals surface area contributed by atoms with Gasteiger partial charge in [-0.2, -0.15) is 0 Å². The Morgan fingerprint density at radius 3 is 2.22 bits per heavy atom. The minimum Gasteiger partial charge on any atom is -0.506 e. The highest BCUT2D eigenvalue weighted by Crippen LogP contribution is 2.39. The van der Waals surface area contributed by atoms with Crippen molar-refractivity contribution >= 4 is 27.3 Å². The van der Waals surface area contributed by atoms with Crippen LogP contribution in [0.5, 0.6) is 5.75 Å². The Bertz CT molecular complexity index is 828. The minimum absolute atomic E-state index is 0.00236. The van der Waals surface area contributed by atoms with Crippen LogP contribution in [-0.2, 0) is 10.0 Å². The molecule has 0 amide bonds. The molecule has 0 radical (unpaired) electrons. The summed E-state index contributed by atoms with van der Waals surface area (Å²) >= 11 is 6.14. The zero-order valence-electron chi connectivity index (χ0n) is 13.5. The Balaban J connectivity index is 2.49. The second kappa shape index (κ2) is 6.42. The van der Waals surface area contributed by atoms with Crippen LogP contribution in [0, 0.1) is 13.8 Å². The van der Waals surface area contributed by atoms with Gasteiger partial charge in [0.15, 0.2) is 0 Å². The number of benzene rings is 2. The van der Waals surface area contributed by atoms with E-state index in [0.717, 1.165) is 5.56 Å². The quantitative estimate of drug-likeness (QED) is 0.790. The van der Waals surface area contributed by atoms with Crippen LogP contribution >= 0.6 is 11.6 Å². The number of anilines is 1. The molecule has 2 aromatic rings. The predicted octanol–water partition coefficient (Wildman–Crippen LogP) is 4.59. The Morgan fingerprint density at radius 1 is 1.13 bits per heavy atom. The number of aromatic hydroxyl groups is 1. The maximum atomic E-state index is 12.5. The molecule has 4 nitrogen and oxygen atoms in total. The van der Waals surface area contributed by atoms with Crippen LogP contribution in [0.2, 0.25) is 5.02 Å². The Kier molecular flexibility index (Phi) is 4.92. The number of halogens is 1. The van der Waals surface area contributed by atoms with Crippen molar-refractivity contribution in [3.8, 4) is 5.75 Å². The molecular formula is C17H20ClNO3S. The highest BCUT2D eigenvalue weighted by Gasteiger charge is 2.20. The van der Waals surface area contributed by atoms with Crippen LogP contribution in [0.1, 0.15) is 36.5 Å². The maximum Gasteiger partial charge on any atom is 0.261 e. The van der Waals surface area contributed by atoms with Crippen molar-refractivity contribution in [1.29, 1.82) is 0 Å². The van der Waals surface area contributed by atoms with Crippen LogP contribution in [0.25, 0.3) is 0 Å². The van der Waals surface area contributed by atoms with Crippen molar-refractivity contribution in [2.24, 2.45) is 0 Å². The van der Waals surface area contributed by atoms with Crippen molar-refractivity contribution < 1.29 is 13.5 Å².